The molecule has 3 N–H and O–H groups in total. The molecule has 0 aromatic heterocycles. The molecule has 3 atom stereocenters. The van der Waals surface area contributed by atoms with E-state index in [1.165, 1.54) is 7.11 Å². The summed E-state index contributed by atoms with van der Waals surface area (Å²) in [6, 6.07) is 0. The third-order valence-corrected chi connectivity index (χ3v) is 1.69. The quantitative estimate of drug-likeness (QED) is 0.420. The Hall–Kier alpha value is -0.200. The molecule has 0 unspecified atom stereocenters. The number of methoxy groups -OCH3 is 1. The van der Waals surface area contributed by atoms with Crippen molar-refractivity contribution in [1.82, 2.24) is 0 Å². The minimum absolute atomic E-state index is 0.358. The maximum Gasteiger partial charge on any atom is 0.224 e. The van der Waals surface area contributed by atoms with E-state index in [0.29, 0.717) is 0 Å². The Morgan fingerprint density at radius 2 is 2.36 bits per heavy atom. The molecule has 1 aliphatic rings. The minimum Gasteiger partial charge on any atom is -0.394 e. The molecular formula is C6H11O5. The predicted octanol–water partition coefficient (Wildman–Crippen LogP) is -1.76. The molecular weight excluding hydrogens is 152 g/mol. The third kappa shape index (κ3) is 1.38. The summed E-state index contributed by atoms with van der Waals surface area (Å²) < 4.78 is 9.28. The zero-order valence-corrected chi connectivity index (χ0v) is 6.10. The highest BCUT2D eigenvalue weighted by molar-refractivity contribution is 4.96. The van der Waals surface area contributed by atoms with Crippen LogP contribution in [0.15, 0.2) is 0 Å². The summed E-state index contributed by atoms with van der Waals surface area (Å²) in [5.74, 6) is -1.78. The lowest BCUT2D eigenvalue weighted by atomic mass is 10.1. The summed E-state index contributed by atoms with van der Waals surface area (Å²) >= 11 is 0. The van der Waals surface area contributed by atoms with Gasteiger partial charge in [0.1, 0.15) is 18.8 Å². The Balaban J connectivity index is 2.61. The third-order valence-electron chi connectivity index (χ3n) is 1.69. The maximum absolute atomic E-state index is 9.31. The summed E-state index contributed by atoms with van der Waals surface area (Å²) in [5.41, 5.74) is 0. The van der Waals surface area contributed by atoms with E-state index in [2.05, 4.69) is 4.74 Å². The van der Waals surface area contributed by atoms with Gasteiger partial charge in [-0.1, -0.05) is 0 Å². The Morgan fingerprint density at radius 1 is 1.73 bits per heavy atom. The lowest BCUT2D eigenvalue weighted by molar-refractivity contribution is -0.209. The van der Waals surface area contributed by atoms with Crippen LogP contribution in [0.3, 0.4) is 0 Å². The van der Waals surface area contributed by atoms with Gasteiger partial charge >= 0.3 is 0 Å². The topological polar surface area (TPSA) is 79.2 Å². The smallest absolute Gasteiger partial charge is 0.224 e. The van der Waals surface area contributed by atoms with Gasteiger partial charge in [0.25, 0.3) is 0 Å². The van der Waals surface area contributed by atoms with Crippen LogP contribution >= 0.6 is 0 Å². The van der Waals surface area contributed by atoms with Gasteiger partial charge in [-0.05, 0) is 0 Å². The molecule has 0 spiro atoms. The fourth-order valence-electron chi connectivity index (χ4n) is 0.907. The van der Waals surface area contributed by atoms with E-state index in [9.17, 15) is 10.2 Å². The van der Waals surface area contributed by atoms with E-state index < -0.39 is 18.0 Å². The lowest BCUT2D eigenvalue weighted by Gasteiger charge is -2.23. The number of hydrogen-bond acceptors (Lipinski definition) is 5. The number of aliphatic hydroxyl groups is 3. The van der Waals surface area contributed by atoms with Crippen molar-refractivity contribution in [2.45, 2.75) is 18.0 Å². The fourth-order valence-corrected chi connectivity index (χ4v) is 0.907. The molecule has 1 rings (SSSR count). The van der Waals surface area contributed by atoms with Crippen LogP contribution in [-0.4, -0.2) is 47.0 Å². The zero-order valence-electron chi connectivity index (χ0n) is 6.10. The van der Waals surface area contributed by atoms with Crippen molar-refractivity contribution in [2.75, 3.05) is 13.7 Å². The van der Waals surface area contributed by atoms with Gasteiger partial charge in [-0.3, -0.25) is 0 Å². The van der Waals surface area contributed by atoms with E-state index >= 15 is 0 Å². The molecule has 0 saturated carbocycles. The molecule has 11 heavy (non-hydrogen) atoms. The van der Waals surface area contributed by atoms with Crippen molar-refractivity contribution in [2.24, 2.45) is 0 Å². The van der Waals surface area contributed by atoms with Crippen molar-refractivity contribution in [3.05, 3.63) is 6.61 Å². The Kier molecular flexibility index (Phi) is 2.46. The average molecular weight is 163 g/mol. The molecule has 65 valence electrons. The van der Waals surface area contributed by atoms with Crippen molar-refractivity contribution < 1.29 is 24.8 Å². The van der Waals surface area contributed by atoms with E-state index in [1.807, 2.05) is 0 Å². The molecule has 1 saturated heterocycles. The Labute approximate surface area is 64.2 Å². The highest BCUT2D eigenvalue weighted by Gasteiger charge is 2.48. The van der Waals surface area contributed by atoms with E-state index in [1.54, 1.807) is 0 Å². The van der Waals surface area contributed by atoms with Gasteiger partial charge in [-0.25, -0.2) is 0 Å². The van der Waals surface area contributed by atoms with Crippen molar-refractivity contribution in [1.29, 1.82) is 0 Å². The SMILES string of the molecule is CO[C@]1(O)[CH]O[C@H](CO)[C@H]1O. The van der Waals surface area contributed by atoms with Gasteiger partial charge in [-0.2, -0.15) is 0 Å². The first-order valence-electron chi connectivity index (χ1n) is 3.20. The first-order chi connectivity index (χ1) is 5.14. The fraction of sp³-hybridized carbons (Fsp3) is 0.833. The van der Waals surface area contributed by atoms with Crippen molar-refractivity contribution in [3.8, 4) is 0 Å². The predicted molar refractivity (Wildman–Crippen MR) is 34.2 cm³/mol. The summed E-state index contributed by atoms with van der Waals surface area (Å²) in [6.45, 7) is 0.613. The Bertz CT molecular complexity index is 139. The molecule has 0 bridgehead atoms. The average Bonchev–Trinajstić information content (AvgIpc) is 2.31. The highest BCUT2D eigenvalue weighted by Crippen LogP contribution is 2.28. The minimum atomic E-state index is -1.78. The normalized spacial score (nSPS) is 44.7. The number of ether oxygens (including phenoxy) is 2. The first kappa shape index (κ1) is 8.89. The van der Waals surface area contributed by atoms with Gasteiger partial charge < -0.3 is 24.8 Å². The van der Waals surface area contributed by atoms with Crippen LogP contribution in [0, 0.1) is 6.61 Å². The molecule has 1 radical (unpaired) electrons. The van der Waals surface area contributed by atoms with E-state index in [-0.39, 0.29) is 6.61 Å². The summed E-state index contributed by atoms with van der Waals surface area (Å²) in [4.78, 5) is 0. The van der Waals surface area contributed by atoms with Gasteiger partial charge in [0.05, 0.1) is 6.61 Å². The second kappa shape index (κ2) is 3.04. The number of hydrogen-bond donors (Lipinski definition) is 3. The summed E-state index contributed by atoms with van der Waals surface area (Å²) in [7, 11) is 1.24. The molecule has 0 aromatic rings. The van der Waals surface area contributed by atoms with Crippen LogP contribution in [0.2, 0.25) is 0 Å². The standard InChI is InChI=1S/C6H11O5/c1-10-6(9)3-11-4(2-7)5(6)8/h3-5,7-9H,2H2,1H3/t4-,5-,6-/m1/s1. The molecule has 1 fully saturated rings. The highest BCUT2D eigenvalue weighted by atomic mass is 16.7. The molecule has 0 aromatic carbocycles. The van der Waals surface area contributed by atoms with Gasteiger partial charge in [0.2, 0.25) is 5.79 Å². The van der Waals surface area contributed by atoms with Crippen LogP contribution < -0.4 is 0 Å². The van der Waals surface area contributed by atoms with Crippen molar-refractivity contribution >= 4 is 0 Å². The lowest BCUT2D eigenvalue weighted by Crippen LogP contribution is -2.44. The van der Waals surface area contributed by atoms with Crippen LogP contribution in [0.5, 0.6) is 0 Å². The second-order valence-corrected chi connectivity index (χ2v) is 2.38. The van der Waals surface area contributed by atoms with Crippen LogP contribution in [0.1, 0.15) is 0 Å². The van der Waals surface area contributed by atoms with Crippen molar-refractivity contribution in [3.63, 3.8) is 0 Å². The molecule has 1 heterocycles. The van der Waals surface area contributed by atoms with Crippen LogP contribution in [0.4, 0.5) is 0 Å². The molecule has 5 heteroatoms. The van der Waals surface area contributed by atoms with Gasteiger partial charge in [0.15, 0.2) is 0 Å². The molecule has 5 nitrogen and oxygen atoms in total. The maximum atomic E-state index is 9.31. The largest absolute Gasteiger partial charge is 0.394 e. The number of aliphatic hydroxyl groups excluding tert-OH is 2. The number of rotatable bonds is 2. The molecule has 0 amide bonds. The van der Waals surface area contributed by atoms with Crippen LogP contribution in [0.25, 0.3) is 0 Å². The second-order valence-electron chi connectivity index (χ2n) is 2.38. The zero-order chi connectivity index (χ0) is 8.48. The van der Waals surface area contributed by atoms with Gasteiger partial charge in [0, 0.05) is 7.11 Å². The Morgan fingerprint density at radius 3 is 2.64 bits per heavy atom. The summed E-state index contributed by atoms with van der Waals surface area (Å²) in [5, 5.41) is 27.1. The van der Waals surface area contributed by atoms with Gasteiger partial charge in [-0.15, -0.1) is 0 Å². The first-order valence-corrected chi connectivity index (χ1v) is 3.20. The molecule has 1 aliphatic heterocycles. The summed E-state index contributed by atoms with van der Waals surface area (Å²) in [6.07, 6.45) is -2.04. The van der Waals surface area contributed by atoms with Crippen LogP contribution in [-0.2, 0) is 9.47 Å². The van der Waals surface area contributed by atoms with E-state index in [4.69, 9.17) is 9.84 Å². The molecule has 0 aliphatic carbocycles. The van der Waals surface area contributed by atoms with E-state index in [0.717, 1.165) is 6.61 Å². The monoisotopic (exact) mass is 163 g/mol.